The second-order valence-corrected chi connectivity index (χ2v) is 7.38. The number of amides is 1. The fourth-order valence-corrected chi connectivity index (χ4v) is 3.62. The van der Waals surface area contributed by atoms with Crippen molar-refractivity contribution in [1.82, 2.24) is 5.32 Å². The van der Waals surface area contributed by atoms with Gasteiger partial charge < -0.3 is 19.9 Å². The third-order valence-corrected chi connectivity index (χ3v) is 5.16. The molecule has 1 atom stereocenters. The molecule has 0 aromatic heterocycles. The van der Waals surface area contributed by atoms with Crippen LogP contribution in [0.3, 0.4) is 0 Å². The summed E-state index contributed by atoms with van der Waals surface area (Å²) in [5.74, 6) is -0.832. The van der Waals surface area contributed by atoms with Gasteiger partial charge in [0.25, 0.3) is 5.91 Å². The monoisotopic (exact) mass is 435 g/mol. The molecule has 1 aliphatic heterocycles. The van der Waals surface area contributed by atoms with Gasteiger partial charge in [-0.1, -0.05) is 41.4 Å². The lowest BCUT2D eigenvalue weighted by atomic mass is 9.93. The lowest BCUT2D eigenvalue weighted by molar-refractivity contribution is -0.156. The van der Waals surface area contributed by atoms with Crippen LogP contribution in [0.4, 0.5) is 0 Å². The van der Waals surface area contributed by atoms with Gasteiger partial charge in [-0.25, -0.2) is 4.79 Å². The van der Waals surface area contributed by atoms with Crippen LogP contribution in [-0.2, 0) is 22.5 Å². The van der Waals surface area contributed by atoms with Gasteiger partial charge in [-0.2, -0.15) is 0 Å². The molecule has 0 spiro atoms. The average molecular weight is 436 g/mol. The number of hydrogen-bond acceptors (Lipinski definition) is 4. The lowest BCUT2D eigenvalue weighted by Crippen LogP contribution is -2.39. The van der Waals surface area contributed by atoms with Crippen LogP contribution in [0, 0.1) is 0 Å². The molecule has 0 saturated carbocycles. The van der Waals surface area contributed by atoms with Gasteiger partial charge in [0.1, 0.15) is 5.75 Å². The molecule has 1 heterocycles. The number of carbonyl (C=O) groups excluding carboxylic acids is 1. The molecule has 2 aromatic rings. The van der Waals surface area contributed by atoms with E-state index in [4.69, 9.17) is 32.7 Å². The maximum Gasteiger partial charge on any atom is 0.340 e. The molecule has 0 radical (unpaired) electrons. The topological polar surface area (TPSA) is 84.9 Å². The summed E-state index contributed by atoms with van der Waals surface area (Å²) in [5.41, 5.74) is 0.367. The highest BCUT2D eigenvalue weighted by molar-refractivity contribution is 6.36. The number of carboxylic acids is 1. The van der Waals surface area contributed by atoms with Crippen LogP contribution >= 0.6 is 23.2 Å². The number of carboxylic acid groups (broad SMARTS) is 1. The lowest BCUT2D eigenvalue weighted by Gasteiger charge is -2.22. The first-order chi connectivity index (χ1) is 13.8. The van der Waals surface area contributed by atoms with Crippen LogP contribution in [0.15, 0.2) is 48.6 Å². The summed E-state index contributed by atoms with van der Waals surface area (Å²) in [6, 6.07) is 9.95. The van der Waals surface area contributed by atoms with Crippen molar-refractivity contribution in [3.05, 3.63) is 75.3 Å². The van der Waals surface area contributed by atoms with Crippen LogP contribution in [-0.4, -0.2) is 36.3 Å². The minimum atomic E-state index is -1.38. The number of nitrogens with one attached hydrogen (secondary N) is 1. The van der Waals surface area contributed by atoms with Gasteiger partial charge in [-0.05, 0) is 35.9 Å². The zero-order chi connectivity index (χ0) is 21.0. The van der Waals surface area contributed by atoms with Crippen LogP contribution < -0.4 is 10.1 Å². The molecule has 152 valence electrons. The molecule has 29 heavy (non-hydrogen) atoms. The normalized spacial score (nSPS) is 17.9. The molecule has 1 amide bonds. The SMILES string of the molecule is COc1ccc(CC2(C(=O)O)C=CCO2)cc1CNC(=O)c1ccc(Cl)cc1Cl. The van der Waals surface area contributed by atoms with E-state index in [1.807, 2.05) is 0 Å². The number of aliphatic carboxylic acids is 1. The van der Waals surface area contributed by atoms with Gasteiger partial charge in [-0.3, -0.25) is 4.79 Å². The summed E-state index contributed by atoms with van der Waals surface area (Å²) < 4.78 is 10.8. The number of benzene rings is 2. The van der Waals surface area contributed by atoms with E-state index in [1.54, 1.807) is 42.5 Å². The Labute approximate surface area is 178 Å². The number of methoxy groups -OCH3 is 1. The zero-order valence-electron chi connectivity index (χ0n) is 15.6. The van der Waals surface area contributed by atoms with E-state index in [1.165, 1.54) is 13.2 Å². The first-order valence-electron chi connectivity index (χ1n) is 8.79. The molecular formula is C21H19Cl2NO5. The van der Waals surface area contributed by atoms with E-state index in [2.05, 4.69) is 5.32 Å². The van der Waals surface area contributed by atoms with Crippen LogP contribution in [0.5, 0.6) is 5.75 Å². The molecule has 2 aromatic carbocycles. The maximum absolute atomic E-state index is 12.5. The van der Waals surface area contributed by atoms with Crippen molar-refractivity contribution in [3.8, 4) is 5.75 Å². The number of rotatable bonds is 7. The maximum atomic E-state index is 12.5. The van der Waals surface area contributed by atoms with Crippen molar-refractivity contribution in [2.45, 2.75) is 18.6 Å². The highest BCUT2D eigenvalue weighted by Crippen LogP contribution is 2.28. The third kappa shape index (κ3) is 4.72. The predicted octanol–water partition coefficient (Wildman–Crippen LogP) is 3.88. The fourth-order valence-electron chi connectivity index (χ4n) is 3.13. The molecule has 0 fully saturated rings. The minimum Gasteiger partial charge on any atom is -0.496 e. The van der Waals surface area contributed by atoms with Crippen LogP contribution in [0.1, 0.15) is 21.5 Å². The number of halogens is 2. The third-order valence-electron chi connectivity index (χ3n) is 4.61. The Balaban J connectivity index is 1.78. The van der Waals surface area contributed by atoms with Crippen LogP contribution in [0.25, 0.3) is 0 Å². The molecule has 2 N–H and O–H groups in total. The van der Waals surface area contributed by atoms with Crippen molar-refractivity contribution < 1.29 is 24.2 Å². The summed E-state index contributed by atoms with van der Waals surface area (Å²) in [4.78, 5) is 24.2. The molecule has 3 rings (SSSR count). The first kappa shape index (κ1) is 21.2. The van der Waals surface area contributed by atoms with Crippen LogP contribution in [0.2, 0.25) is 10.0 Å². The standard InChI is InChI=1S/C21H19Cl2NO5/c1-28-18-6-3-13(11-21(20(26)27)7-2-8-29-21)9-14(18)12-24-19(25)16-5-4-15(22)10-17(16)23/h2-7,9-10H,8,11-12H2,1H3,(H,24,25)(H,26,27). The van der Waals surface area contributed by atoms with E-state index in [0.717, 1.165) is 5.56 Å². The summed E-state index contributed by atoms with van der Waals surface area (Å²) in [6.07, 6.45) is 3.41. The van der Waals surface area contributed by atoms with Crippen molar-refractivity contribution in [3.63, 3.8) is 0 Å². The molecule has 6 nitrogen and oxygen atoms in total. The van der Waals surface area contributed by atoms with Gasteiger partial charge in [-0.15, -0.1) is 0 Å². The van der Waals surface area contributed by atoms with E-state index in [-0.39, 0.29) is 30.5 Å². The van der Waals surface area contributed by atoms with Gasteiger partial charge in [0.15, 0.2) is 5.60 Å². The summed E-state index contributed by atoms with van der Waals surface area (Å²) in [5, 5.41) is 13.1. The zero-order valence-corrected chi connectivity index (χ0v) is 17.1. The molecule has 1 unspecified atom stereocenters. The van der Waals surface area contributed by atoms with Gasteiger partial charge >= 0.3 is 5.97 Å². The Morgan fingerprint density at radius 3 is 2.66 bits per heavy atom. The average Bonchev–Trinajstić information content (AvgIpc) is 3.16. The Hall–Kier alpha value is -2.54. The van der Waals surface area contributed by atoms with Gasteiger partial charge in [0, 0.05) is 23.6 Å². The molecule has 0 aliphatic carbocycles. The fraction of sp³-hybridized carbons (Fsp3) is 0.238. The Morgan fingerprint density at radius 2 is 2.03 bits per heavy atom. The van der Waals surface area contributed by atoms with E-state index < -0.39 is 11.6 Å². The highest BCUT2D eigenvalue weighted by atomic mass is 35.5. The van der Waals surface area contributed by atoms with Crippen molar-refractivity contribution in [2.75, 3.05) is 13.7 Å². The molecular weight excluding hydrogens is 417 g/mol. The summed E-state index contributed by atoms with van der Waals surface area (Å²) in [6.45, 7) is 0.429. The number of ether oxygens (including phenoxy) is 2. The molecule has 1 aliphatic rings. The Morgan fingerprint density at radius 1 is 1.24 bits per heavy atom. The van der Waals surface area contributed by atoms with Gasteiger partial charge in [0.2, 0.25) is 0 Å². The summed E-state index contributed by atoms with van der Waals surface area (Å²) >= 11 is 11.9. The smallest absolute Gasteiger partial charge is 0.340 e. The Kier molecular flexibility index (Phi) is 6.47. The molecule has 8 heteroatoms. The number of carbonyl (C=O) groups is 2. The van der Waals surface area contributed by atoms with Crippen molar-refractivity contribution in [2.24, 2.45) is 0 Å². The van der Waals surface area contributed by atoms with E-state index >= 15 is 0 Å². The Bertz CT molecular complexity index is 976. The first-order valence-corrected chi connectivity index (χ1v) is 9.54. The molecule has 0 saturated heterocycles. The van der Waals surface area contributed by atoms with E-state index in [0.29, 0.717) is 21.9 Å². The minimum absolute atomic E-state index is 0.160. The van der Waals surface area contributed by atoms with Crippen molar-refractivity contribution >= 4 is 35.1 Å². The largest absolute Gasteiger partial charge is 0.496 e. The highest BCUT2D eigenvalue weighted by Gasteiger charge is 2.39. The molecule has 0 bridgehead atoms. The predicted molar refractivity (Wildman–Crippen MR) is 110 cm³/mol. The second kappa shape index (κ2) is 8.86. The van der Waals surface area contributed by atoms with E-state index in [9.17, 15) is 14.7 Å². The quantitative estimate of drug-likeness (QED) is 0.644. The van der Waals surface area contributed by atoms with Gasteiger partial charge in [0.05, 0.1) is 24.3 Å². The summed E-state index contributed by atoms with van der Waals surface area (Å²) in [7, 11) is 1.53. The second-order valence-electron chi connectivity index (χ2n) is 6.54. The number of hydrogen-bond donors (Lipinski definition) is 2. The van der Waals surface area contributed by atoms with Crippen molar-refractivity contribution in [1.29, 1.82) is 0 Å².